The number of benzene rings is 2. The lowest BCUT2D eigenvalue weighted by atomic mass is 10.1. The Bertz CT molecular complexity index is 1120. The van der Waals surface area contributed by atoms with E-state index < -0.39 is 0 Å². The molecule has 0 spiro atoms. The Morgan fingerprint density at radius 3 is 2.64 bits per heavy atom. The molecule has 2 heterocycles. The molecular weight excluding hydrogens is 359 g/mol. The molecule has 3 nitrogen and oxygen atoms in total. The average Bonchev–Trinajstić information content (AvgIpc) is 3.05. The van der Waals surface area contributed by atoms with Gasteiger partial charge in [-0.1, -0.05) is 41.9 Å². The van der Waals surface area contributed by atoms with Crippen molar-refractivity contribution in [3.8, 4) is 11.1 Å². The van der Waals surface area contributed by atoms with Gasteiger partial charge in [-0.2, -0.15) is 0 Å². The van der Waals surface area contributed by atoms with Crippen LogP contribution in [-0.4, -0.2) is 9.55 Å². The fourth-order valence-corrected chi connectivity index (χ4v) is 3.87. The summed E-state index contributed by atoms with van der Waals surface area (Å²) in [7, 11) is 0. The Labute approximate surface area is 152 Å². The van der Waals surface area contributed by atoms with Crippen LogP contribution in [-0.2, 0) is 6.54 Å². The molecule has 2 aromatic carbocycles. The normalized spacial score (nSPS) is 11.1. The smallest absolute Gasteiger partial charge is 0.271 e. The molecular formula is C19H12ClFN2OS. The van der Waals surface area contributed by atoms with Crippen LogP contribution in [0, 0.1) is 5.82 Å². The van der Waals surface area contributed by atoms with Gasteiger partial charge in [0.15, 0.2) is 0 Å². The maximum Gasteiger partial charge on any atom is 0.271 e. The molecule has 0 radical (unpaired) electrons. The zero-order valence-electron chi connectivity index (χ0n) is 12.9. The minimum Gasteiger partial charge on any atom is -0.293 e. The first-order valence-electron chi connectivity index (χ1n) is 7.59. The highest BCUT2D eigenvalue weighted by atomic mass is 35.5. The van der Waals surface area contributed by atoms with Crippen molar-refractivity contribution in [3.05, 3.63) is 87.0 Å². The molecule has 0 bridgehead atoms. The predicted molar refractivity (Wildman–Crippen MR) is 99.8 cm³/mol. The van der Waals surface area contributed by atoms with E-state index in [2.05, 4.69) is 4.98 Å². The summed E-state index contributed by atoms with van der Waals surface area (Å²) in [6, 6.07) is 13.6. The first kappa shape index (κ1) is 16.0. The van der Waals surface area contributed by atoms with Crippen LogP contribution in [0.15, 0.2) is 65.0 Å². The Balaban J connectivity index is 1.78. The van der Waals surface area contributed by atoms with E-state index in [0.717, 1.165) is 16.7 Å². The van der Waals surface area contributed by atoms with Crippen molar-refractivity contribution in [2.24, 2.45) is 0 Å². The maximum absolute atomic E-state index is 13.1. The van der Waals surface area contributed by atoms with E-state index in [-0.39, 0.29) is 11.4 Å². The lowest BCUT2D eigenvalue weighted by Gasteiger charge is -2.07. The van der Waals surface area contributed by atoms with Gasteiger partial charge in [-0.3, -0.25) is 9.36 Å². The lowest BCUT2D eigenvalue weighted by molar-refractivity contribution is 0.628. The molecule has 6 heteroatoms. The van der Waals surface area contributed by atoms with E-state index in [1.54, 1.807) is 22.8 Å². The van der Waals surface area contributed by atoms with E-state index >= 15 is 0 Å². The van der Waals surface area contributed by atoms with Gasteiger partial charge in [-0.25, -0.2) is 9.37 Å². The standard InChI is InChI=1S/C19H12ClFN2OS/c20-16-4-2-1-3-13(16)9-23-11-22-17-15(10-25-18(17)19(23)24)12-5-7-14(21)8-6-12/h1-8,10-11H,9H2. The van der Waals surface area contributed by atoms with Gasteiger partial charge in [-0.05, 0) is 29.3 Å². The van der Waals surface area contributed by atoms with Crippen molar-refractivity contribution in [3.63, 3.8) is 0 Å². The fourth-order valence-electron chi connectivity index (χ4n) is 2.70. The summed E-state index contributed by atoms with van der Waals surface area (Å²) in [6.07, 6.45) is 1.54. The molecule has 25 heavy (non-hydrogen) atoms. The zero-order valence-corrected chi connectivity index (χ0v) is 14.5. The highest BCUT2D eigenvalue weighted by Crippen LogP contribution is 2.30. The molecule has 0 aliphatic carbocycles. The summed E-state index contributed by atoms with van der Waals surface area (Å²) in [5.74, 6) is -0.293. The second-order valence-corrected chi connectivity index (χ2v) is 6.89. The van der Waals surface area contributed by atoms with Gasteiger partial charge in [0.05, 0.1) is 18.4 Å². The van der Waals surface area contributed by atoms with E-state index in [1.807, 2.05) is 23.6 Å². The molecule has 4 aromatic rings. The van der Waals surface area contributed by atoms with Gasteiger partial charge in [-0.15, -0.1) is 11.3 Å². The number of aromatic nitrogens is 2. The van der Waals surface area contributed by atoms with Crippen LogP contribution in [0.5, 0.6) is 0 Å². The topological polar surface area (TPSA) is 34.9 Å². The zero-order chi connectivity index (χ0) is 17.4. The fraction of sp³-hybridized carbons (Fsp3) is 0.0526. The van der Waals surface area contributed by atoms with Crippen molar-refractivity contribution in [2.45, 2.75) is 6.54 Å². The molecule has 4 rings (SSSR count). The summed E-state index contributed by atoms with van der Waals surface area (Å²) < 4.78 is 15.2. The van der Waals surface area contributed by atoms with Gasteiger partial charge in [0, 0.05) is 16.0 Å². The Hall–Kier alpha value is -2.50. The van der Waals surface area contributed by atoms with Crippen LogP contribution >= 0.6 is 22.9 Å². The lowest BCUT2D eigenvalue weighted by Crippen LogP contribution is -2.20. The Morgan fingerprint density at radius 1 is 1.12 bits per heavy atom. The average molecular weight is 371 g/mol. The maximum atomic E-state index is 13.1. The molecule has 0 aliphatic heterocycles. The van der Waals surface area contributed by atoms with E-state index in [0.29, 0.717) is 21.8 Å². The van der Waals surface area contributed by atoms with E-state index in [9.17, 15) is 9.18 Å². The van der Waals surface area contributed by atoms with Crippen LogP contribution in [0.2, 0.25) is 5.02 Å². The van der Waals surface area contributed by atoms with E-state index in [1.165, 1.54) is 29.8 Å². The number of hydrogen-bond acceptors (Lipinski definition) is 3. The SMILES string of the molecule is O=c1c2scc(-c3ccc(F)cc3)c2ncn1Cc1ccccc1Cl. The highest BCUT2D eigenvalue weighted by Gasteiger charge is 2.13. The van der Waals surface area contributed by atoms with Gasteiger partial charge in [0.1, 0.15) is 10.5 Å². The van der Waals surface area contributed by atoms with Gasteiger partial charge >= 0.3 is 0 Å². The summed E-state index contributed by atoms with van der Waals surface area (Å²) >= 11 is 7.52. The van der Waals surface area contributed by atoms with Gasteiger partial charge < -0.3 is 0 Å². The first-order chi connectivity index (χ1) is 12.1. The molecule has 0 unspecified atom stereocenters. The van der Waals surface area contributed by atoms with Gasteiger partial charge in [0.25, 0.3) is 5.56 Å². The van der Waals surface area contributed by atoms with E-state index in [4.69, 9.17) is 11.6 Å². The molecule has 0 saturated carbocycles. The third-order valence-electron chi connectivity index (χ3n) is 4.00. The Kier molecular flexibility index (Phi) is 4.11. The minimum absolute atomic E-state index is 0.108. The molecule has 0 amide bonds. The van der Waals surface area contributed by atoms with Crippen LogP contribution < -0.4 is 5.56 Å². The number of hydrogen-bond donors (Lipinski definition) is 0. The Morgan fingerprint density at radius 2 is 1.88 bits per heavy atom. The number of halogens is 2. The summed E-state index contributed by atoms with van der Waals surface area (Å²) in [6.45, 7) is 0.366. The molecule has 0 fully saturated rings. The molecule has 2 aromatic heterocycles. The van der Waals surface area contributed by atoms with Crippen molar-refractivity contribution in [1.29, 1.82) is 0 Å². The van der Waals surface area contributed by atoms with Crippen LogP contribution in [0.1, 0.15) is 5.56 Å². The molecule has 0 saturated heterocycles. The van der Waals surface area contributed by atoms with Crippen molar-refractivity contribution < 1.29 is 4.39 Å². The third-order valence-corrected chi connectivity index (χ3v) is 5.33. The van der Waals surface area contributed by atoms with Crippen LogP contribution in [0.4, 0.5) is 4.39 Å². The molecule has 0 atom stereocenters. The third kappa shape index (κ3) is 2.97. The number of rotatable bonds is 3. The predicted octanol–water partition coefficient (Wildman–Crippen LogP) is 4.97. The summed E-state index contributed by atoms with van der Waals surface area (Å²) in [5, 5.41) is 2.50. The second-order valence-electron chi connectivity index (χ2n) is 5.60. The first-order valence-corrected chi connectivity index (χ1v) is 8.85. The van der Waals surface area contributed by atoms with Crippen molar-refractivity contribution in [2.75, 3.05) is 0 Å². The summed E-state index contributed by atoms with van der Waals surface area (Å²) in [4.78, 5) is 17.2. The molecule has 0 N–H and O–H groups in total. The van der Waals surface area contributed by atoms with Crippen molar-refractivity contribution >= 4 is 33.2 Å². The largest absolute Gasteiger partial charge is 0.293 e. The monoisotopic (exact) mass is 370 g/mol. The van der Waals surface area contributed by atoms with Crippen molar-refractivity contribution in [1.82, 2.24) is 9.55 Å². The second kappa shape index (κ2) is 6.43. The number of fused-ring (bicyclic) bond motifs is 1. The minimum atomic E-state index is -0.293. The molecule has 124 valence electrons. The number of nitrogens with zero attached hydrogens (tertiary/aromatic N) is 2. The quantitative estimate of drug-likeness (QED) is 0.510. The highest BCUT2D eigenvalue weighted by molar-refractivity contribution is 7.17. The summed E-state index contributed by atoms with van der Waals surface area (Å²) in [5.41, 5.74) is 3.06. The molecule has 0 aliphatic rings. The number of thiophene rings is 1. The van der Waals surface area contributed by atoms with Crippen LogP contribution in [0.25, 0.3) is 21.3 Å². The van der Waals surface area contributed by atoms with Gasteiger partial charge in [0.2, 0.25) is 0 Å². The van der Waals surface area contributed by atoms with Crippen LogP contribution in [0.3, 0.4) is 0 Å².